The Balaban J connectivity index is 3.76. The van der Waals surface area contributed by atoms with E-state index in [0.29, 0.717) is 6.42 Å². The van der Waals surface area contributed by atoms with Gasteiger partial charge >= 0.3 is 0 Å². The van der Waals surface area contributed by atoms with Crippen molar-refractivity contribution in [2.24, 2.45) is 0 Å². The van der Waals surface area contributed by atoms with E-state index in [9.17, 15) is 8.42 Å². The molecule has 0 amide bonds. The topological polar surface area (TPSA) is 46.2 Å². The minimum atomic E-state index is -3.06. The summed E-state index contributed by atoms with van der Waals surface area (Å²) in [4.78, 5) is 0. The molecule has 0 spiro atoms. The highest BCUT2D eigenvalue weighted by Crippen LogP contribution is 1.92. The highest BCUT2D eigenvalue weighted by atomic mass is 32.2. The second-order valence-corrected chi connectivity index (χ2v) is 3.87. The lowest BCUT2D eigenvalue weighted by Gasteiger charge is -2.00. The maximum absolute atomic E-state index is 10.8. The van der Waals surface area contributed by atoms with Crippen molar-refractivity contribution in [1.29, 1.82) is 0 Å². The molecule has 0 aromatic heterocycles. The lowest BCUT2D eigenvalue weighted by atomic mass is 10.4. The number of sulfonamides is 1. The Morgan fingerprint density at radius 3 is 2.60 bits per heavy atom. The van der Waals surface area contributed by atoms with E-state index in [1.807, 2.05) is 6.92 Å². The van der Waals surface area contributed by atoms with Crippen LogP contribution >= 0.6 is 0 Å². The van der Waals surface area contributed by atoms with Crippen LogP contribution in [0.15, 0.2) is 12.8 Å². The average molecular weight is 163 g/mol. The average Bonchev–Trinajstić information content (AvgIpc) is 1.84. The summed E-state index contributed by atoms with van der Waals surface area (Å²) >= 11 is 0. The van der Waals surface area contributed by atoms with Crippen LogP contribution < -0.4 is 4.72 Å². The van der Waals surface area contributed by atoms with E-state index in [2.05, 4.69) is 11.3 Å². The van der Waals surface area contributed by atoms with Crippen molar-refractivity contribution in [3.05, 3.63) is 12.8 Å². The minimum Gasteiger partial charge on any atom is -0.291 e. The monoisotopic (exact) mass is 163 g/mol. The normalized spacial score (nSPS) is 10.9. The van der Waals surface area contributed by atoms with Gasteiger partial charge in [0.2, 0.25) is 10.0 Å². The molecule has 0 bridgehead atoms. The fraction of sp³-hybridized carbons (Fsp3) is 0.667. The Hall–Kier alpha value is -0.510. The zero-order chi connectivity index (χ0) is 8.04. The van der Waals surface area contributed by atoms with Gasteiger partial charge in [-0.1, -0.05) is 19.9 Å². The second kappa shape index (κ2) is 4.33. The van der Waals surface area contributed by atoms with Crippen molar-refractivity contribution in [2.75, 3.05) is 5.75 Å². The number of nitrogens with one attached hydrogen (secondary N) is 1. The van der Waals surface area contributed by atoms with Crippen molar-refractivity contribution >= 4 is 10.0 Å². The van der Waals surface area contributed by atoms with Gasteiger partial charge in [0.1, 0.15) is 0 Å². The third-order valence-corrected chi connectivity index (χ3v) is 2.38. The Bertz CT molecular complexity index is 184. The summed E-state index contributed by atoms with van der Waals surface area (Å²) < 4.78 is 23.8. The third-order valence-electron chi connectivity index (χ3n) is 1.03. The summed E-state index contributed by atoms with van der Waals surface area (Å²) in [5.74, 6) is 0.190. The van der Waals surface area contributed by atoms with Crippen LogP contribution in [0.1, 0.15) is 19.8 Å². The van der Waals surface area contributed by atoms with Gasteiger partial charge < -0.3 is 0 Å². The molecule has 4 heteroatoms. The van der Waals surface area contributed by atoms with Gasteiger partial charge in [0.05, 0.1) is 5.75 Å². The van der Waals surface area contributed by atoms with Gasteiger partial charge in [-0.25, -0.2) is 8.42 Å². The lowest BCUT2D eigenvalue weighted by Crippen LogP contribution is -2.20. The van der Waals surface area contributed by atoms with Gasteiger partial charge in [0, 0.05) is 6.20 Å². The molecule has 0 heterocycles. The molecule has 0 atom stereocenters. The first kappa shape index (κ1) is 9.49. The molecule has 0 fully saturated rings. The van der Waals surface area contributed by atoms with Gasteiger partial charge in [-0.15, -0.1) is 0 Å². The number of rotatable bonds is 5. The molecule has 0 radical (unpaired) electrons. The molecular formula is C6H13NO2S. The predicted octanol–water partition coefficient (Wildman–Crippen LogP) is 0.849. The minimum absolute atomic E-state index is 0.190. The molecule has 0 unspecified atom stereocenters. The molecule has 0 rings (SSSR count). The highest BCUT2D eigenvalue weighted by Gasteiger charge is 2.04. The van der Waals surface area contributed by atoms with Gasteiger partial charge in [-0.3, -0.25) is 4.72 Å². The van der Waals surface area contributed by atoms with E-state index in [1.165, 1.54) is 6.20 Å². The molecule has 0 saturated heterocycles. The van der Waals surface area contributed by atoms with Crippen molar-refractivity contribution in [2.45, 2.75) is 19.8 Å². The van der Waals surface area contributed by atoms with E-state index >= 15 is 0 Å². The molecule has 1 N–H and O–H groups in total. The molecular weight excluding hydrogens is 150 g/mol. The summed E-state index contributed by atoms with van der Waals surface area (Å²) in [5, 5.41) is 0. The second-order valence-electron chi connectivity index (χ2n) is 1.99. The molecule has 60 valence electrons. The zero-order valence-electron chi connectivity index (χ0n) is 6.13. The molecule has 0 aromatic rings. The van der Waals surface area contributed by atoms with Crippen LogP contribution in [0.5, 0.6) is 0 Å². The Morgan fingerprint density at radius 1 is 1.60 bits per heavy atom. The highest BCUT2D eigenvalue weighted by molar-refractivity contribution is 7.89. The largest absolute Gasteiger partial charge is 0.291 e. The smallest absolute Gasteiger partial charge is 0.232 e. The molecule has 0 aliphatic heterocycles. The lowest BCUT2D eigenvalue weighted by molar-refractivity contribution is 0.587. The number of hydrogen-bond donors (Lipinski definition) is 1. The standard InChI is InChI=1S/C6H13NO2S/c1-3-5-6-10(8,9)7-4-2/h4,7H,2-3,5-6H2,1H3. The fourth-order valence-corrected chi connectivity index (χ4v) is 1.56. The summed E-state index contributed by atoms with van der Waals surface area (Å²) in [7, 11) is -3.06. The molecule has 0 aliphatic carbocycles. The van der Waals surface area contributed by atoms with Crippen LogP contribution in [0.3, 0.4) is 0 Å². The van der Waals surface area contributed by atoms with Gasteiger partial charge in [-0.2, -0.15) is 0 Å². The first-order valence-electron chi connectivity index (χ1n) is 3.23. The van der Waals surface area contributed by atoms with Crippen LogP contribution in [0.25, 0.3) is 0 Å². The maximum atomic E-state index is 10.8. The summed E-state index contributed by atoms with van der Waals surface area (Å²) in [5.41, 5.74) is 0. The third kappa shape index (κ3) is 4.38. The summed E-state index contributed by atoms with van der Waals surface area (Å²) in [6.07, 6.45) is 2.77. The van der Waals surface area contributed by atoms with E-state index in [0.717, 1.165) is 6.42 Å². The molecule has 0 saturated carbocycles. The van der Waals surface area contributed by atoms with E-state index in [4.69, 9.17) is 0 Å². The zero-order valence-corrected chi connectivity index (χ0v) is 6.95. The van der Waals surface area contributed by atoms with Crippen molar-refractivity contribution in [1.82, 2.24) is 4.72 Å². The summed E-state index contributed by atoms with van der Waals surface area (Å²) in [6.45, 7) is 5.21. The molecule has 10 heavy (non-hydrogen) atoms. The first-order chi connectivity index (χ1) is 4.62. The van der Waals surface area contributed by atoms with Crippen molar-refractivity contribution in [3.8, 4) is 0 Å². The number of unbranched alkanes of at least 4 members (excludes halogenated alkanes) is 1. The maximum Gasteiger partial charge on any atom is 0.232 e. The quantitative estimate of drug-likeness (QED) is 0.653. The van der Waals surface area contributed by atoms with E-state index in [1.54, 1.807) is 0 Å². The first-order valence-corrected chi connectivity index (χ1v) is 4.88. The molecule has 3 nitrogen and oxygen atoms in total. The van der Waals surface area contributed by atoms with Gasteiger partial charge in [0.15, 0.2) is 0 Å². The summed E-state index contributed by atoms with van der Waals surface area (Å²) in [6, 6.07) is 0. The number of hydrogen-bond acceptors (Lipinski definition) is 2. The fourth-order valence-electron chi connectivity index (χ4n) is 0.520. The SMILES string of the molecule is C=CNS(=O)(=O)CCCC. The molecule has 0 aromatic carbocycles. The van der Waals surface area contributed by atoms with Gasteiger partial charge in [-0.05, 0) is 6.42 Å². The molecule has 0 aliphatic rings. The van der Waals surface area contributed by atoms with E-state index in [-0.39, 0.29) is 5.75 Å². The van der Waals surface area contributed by atoms with Crippen LogP contribution in [0, 0.1) is 0 Å². The van der Waals surface area contributed by atoms with Crippen molar-refractivity contribution < 1.29 is 8.42 Å². The Morgan fingerprint density at radius 2 is 2.20 bits per heavy atom. The van der Waals surface area contributed by atoms with Gasteiger partial charge in [0.25, 0.3) is 0 Å². The van der Waals surface area contributed by atoms with Crippen molar-refractivity contribution in [3.63, 3.8) is 0 Å². The van der Waals surface area contributed by atoms with Crippen LogP contribution in [-0.4, -0.2) is 14.2 Å². The van der Waals surface area contributed by atoms with E-state index < -0.39 is 10.0 Å². The van der Waals surface area contributed by atoms with Crippen LogP contribution in [-0.2, 0) is 10.0 Å². The van der Waals surface area contributed by atoms with Crippen LogP contribution in [0.2, 0.25) is 0 Å². The Labute approximate surface area is 62.2 Å². The predicted molar refractivity (Wildman–Crippen MR) is 42.0 cm³/mol. The van der Waals surface area contributed by atoms with Crippen LogP contribution in [0.4, 0.5) is 0 Å². The Kier molecular flexibility index (Phi) is 4.11.